The SMILES string of the molecule is CCNC(=O)c1c(NC(=O)c2cc(C(F)(F)F)nn2-c2ncccc2Cl)c(C)cc2ccnn12. The van der Waals surface area contributed by atoms with Gasteiger partial charge in [-0.2, -0.15) is 23.4 Å². The number of hydrogen-bond donors (Lipinski definition) is 2. The first-order valence-corrected chi connectivity index (χ1v) is 10.3. The largest absolute Gasteiger partial charge is 0.435 e. The molecule has 4 aromatic rings. The number of halogens is 4. The van der Waals surface area contributed by atoms with Crippen LogP contribution in [0, 0.1) is 6.92 Å². The van der Waals surface area contributed by atoms with Crippen LogP contribution in [0.3, 0.4) is 0 Å². The topological polar surface area (TPSA) is 106 Å². The first-order valence-electron chi connectivity index (χ1n) is 9.96. The highest BCUT2D eigenvalue weighted by Crippen LogP contribution is 2.31. The maximum absolute atomic E-state index is 13.4. The van der Waals surface area contributed by atoms with Gasteiger partial charge in [-0.1, -0.05) is 11.6 Å². The van der Waals surface area contributed by atoms with Crippen molar-refractivity contribution in [3.63, 3.8) is 0 Å². The normalized spacial score (nSPS) is 11.6. The monoisotopic (exact) mass is 491 g/mol. The number of rotatable bonds is 5. The minimum Gasteiger partial charge on any atom is -0.351 e. The number of anilines is 1. The zero-order chi connectivity index (χ0) is 24.6. The summed E-state index contributed by atoms with van der Waals surface area (Å²) in [7, 11) is 0. The predicted molar refractivity (Wildman–Crippen MR) is 117 cm³/mol. The summed E-state index contributed by atoms with van der Waals surface area (Å²) in [4.78, 5) is 30.0. The molecule has 0 fully saturated rings. The van der Waals surface area contributed by atoms with Crippen molar-refractivity contribution in [3.8, 4) is 5.82 Å². The van der Waals surface area contributed by atoms with Gasteiger partial charge in [0.2, 0.25) is 0 Å². The van der Waals surface area contributed by atoms with E-state index in [0.29, 0.717) is 28.4 Å². The molecule has 0 aliphatic carbocycles. The summed E-state index contributed by atoms with van der Waals surface area (Å²) in [6.45, 7) is 3.68. The Bertz CT molecular complexity index is 1410. The Morgan fingerprint density at radius 1 is 1.15 bits per heavy atom. The van der Waals surface area contributed by atoms with Crippen molar-refractivity contribution < 1.29 is 22.8 Å². The van der Waals surface area contributed by atoms with Gasteiger partial charge in [0.1, 0.15) is 5.69 Å². The molecule has 13 heteroatoms. The Kier molecular flexibility index (Phi) is 6.00. The summed E-state index contributed by atoms with van der Waals surface area (Å²) >= 11 is 6.10. The molecule has 9 nitrogen and oxygen atoms in total. The van der Waals surface area contributed by atoms with Crippen LogP contribution >= 0.6 is 11.6 Å². The van der Waals surface area contributed by atoms with Crippen LogP contribution in [0.15, 0.2) is 42.7 Å². The van der Waals surface area contributed by atoms with E-state index in [0.717, 1.165) is 0 Å². The Labute approximate surface area is 195 Å². The van der Waals surface area contributed by atoms with Gasteiger partial charge in [-0.3, -0.25) is 9.59 Å². The van der Waals surface area contributed by atoms with Crippen LogP contribution < -0.4 is 10.6 Å². The van der Waals surface area contributed by atoms with Crippen LogP contribution in [-0.4, -0.2) is 42.7 Å². The molecular weight excluding hydrogens is 475 g/mol. The van der Waals surface area contributed by atoms with Gasteiger partial charge in [-0.15, -0.1) is 0 Å². The van der Waals surface area contributed by atoms with Crippen LogP contribution in [0.1, 0.15) is 39.2 Å². The zero-order valence-electron chi connectivity index (χ0n) is 17.8. The molecule has 0 saturated carbocycles. The third kappa shape index (κ3) is 4.19. The quantitative estimate of drug-likeness (QED) is 0.440. The second-order valence-corrected chi connectivity index (χ2v) is 7.57. The molecule has 0 bridgehead atoms. The zero-order valence-corrected chi connectivity index (χ0v) is 18.6. The highest BCUT2D eigenvalue weighted by atomic mass is 35.5. The summed E-state index contributed by atoms with van der Waals surface area (Å²) in [5.41, 5.74) is -0.576. The number of fused-ring (bicyclic) bond motifs is 1. The summed E-state index contributed by atoms with van der Waals surface area (Å²) in [5, 5.41) is 12.8. The van der Waals surface area contributed by atoms with Gasteiger partial charge in [-0.05, 0) is 43.7 Å². The standard InChI is InChI=1S/C21H17ClF3N7O2/c1-3-26-20(34)17-16(11(2)9-12-6-8-28-31(12)17)29-19(33)14-10-15(21(23,24)25)30-32(14)18-13(22)5-4-7-27-18/h4-10H,3H2,1-2H3,(H,26,34)(H,29,33). The summed E-state index contributed by atoms with van der Waals surface area (Å²) < 4.78 is 42.3. The maximum Gasteiger partial charge on any atom is 0.435 e. The second kappa shape index (κ2) is 8.78. The van der Waals surface area contributed by atoms with E-state index in [4.69, 9.17) is 11.6 Å². The number of carbonyl (C=O) groups is 2. The lowest BCUT2D eigenvalue weighted by Gasteiger charge is -2.16. The molecule has 4 heterocycles. The number of pyridine rings is 2. The fraction of sp³-hybridized carbons (Fsp3) is 0.190. The third-order valence-electron chi connectivity index (χ3n) is 4.84. The lowest BCUT2D eigenvalue weighted by Crippen LogP contribution is -2.28. The fourth-order valence-corrected chi connectivity index (χ4v) is 3.56. The molecule has 2 amide bonds. The van der Waals surface area contributed by atoms with Gasteiger partial charge in [0, 0.05) is 18.8 Å². The molecule has 0 aliphatic heterocycles. The molecule has 4 aromatic heterocycles. The van der Waals surface area contributed by atoms with Gasteiger partial charge in [0.15, 0.2) is 17.2 Å². The van der Waals surface area contributed by atoms with Crippen molar-refractivity contribution in [1.29, 1.82) is 0 Å². The number of carbonyl (C=O) groups excluding carboxylic acids is 2. The maximum atomic E-state index is 13.4. The van der Waals surface area contributed by atoms with Crippen LogP contribution in [0.4, 0.5) is 18.9 Å². The van der Waals surface area contributed by atoms with Crippen LogP contribution in [-0.2, 0) is 6.18 Å². The molecule has 2 N–H and O–H groups in total. The molecule has 0 radical (unpaired) electrons. The molecule has 34 heavy (non-hydrogen) atoms. The van der Waals surface area contributed by atoms with Gasteiger partial charge < -0.3 is 10.6 Å². The lowest BCUT2D eigenvalue weighted by molar-refractivity contribution is -0.141. The summed E-state index contributed by atoms with van der Waals surface area (Å²) in [6.07, 6.45) is -2.03. The molecule has 0 aliphatic rings. The molecule has 0 atom stereocenters. The molecule has 0 unspecified atom stereocenters. The predicted octanol–water partition coefficient (Wildman–Crippen LogP) is 3.90. The second-order valence-electron chi connectivity index (χ2n) is 7.17. The van der Waals surface area contributed by atoms with Crippen LogP contribution in [0.25, 0.3) is 11.3 Å². The fourth-order valence-electron chi connectivity index (χ4n) is 3.36. The van der Waals surface area contributed by atoms with E-state index < -0.39 is 29.4 Å². The highest BCUT2D eigenvalue weighted by Gasteiger charge is 2.37. The van der Waals surface area contributed by atoms with E-state index in [-0.39, 0.29) is 22.2 Å². The van der Waals surface area contributed by atoms with Gasteiger partial charge in [-0.25, -0.2) is 14.2 Å². The average molecular weight is 492 g/mol. The van der Waals surface area contributed by atoms with Crippen molar-refractivity contribution >= 4 is 34.6 Å². The molecule has 0 aromatic carbocycles. The molecular formula is C21H17ClF3N7O2. The lowest BCUT2D eigenvalue weighted by atomic mass is 10.1. The van der Waals surface area contributed by atoms with E-state index in [1.807, 2.05) is 0 Å². The number of aryl methyl sites for hydroxylation is 1. The molecule has 0 saturated heterocycles. The van der Waals surface area contributed by atoms with Crippen molar-refractivity contribution in [2.75, 3.05) is 11.9 Å². The van der Waals surface area contributed by atoms with Crippen LogP contribution in [0.5, 0.6) is 0 Å². The Balaban J connectivity index is 1.85. The smallest absolute Gasteiger partial charge is 0.351 e. The number of aromatic nitrogens is 5. The van der Waals surface area contributed by atoms with E-state index in [1.54, 1.807) is 26.0 Å². The van der Waals surface area contributed by atoms with E-state index in [2.05, 4.69) is 25.8 Å². The Morgan fingerprint density at radius 2 is 1.91 bits per heavy atom. The van der Waals surface area contributed by atoms with E-state index in [1.165, 1.54) is 29.0 Å². The summed E-state index contributed by atoms with van der Waals surface area (Å²) in [6, 6.07) is 6.84. The first kappa shape index (κ1) is 23.2. The minimum absolute atomic E-state index is 0.00877. The Hall–Kier alpha value is -3.93. The number of nitrogens with one attached hydrogen (secondary N) is 2. The molecule has 0 spiro atoms. The third-order valence-corrected chi connectivity index (χ3v) is 5.14. The number of nitrogens with zero attached hydrogens (tertiary/aromatic N) is 5. The first-order chi connectivity index (χ1) is 16.1. The van der Waals surface area contributed by atoms with Gasteiger partial charge >= 0.3 is 6.18 Å². The highest BCUT2D eigenvalue weighted by molar-refractivity contribution is 6.32. The number of amides is 2. The molecule has 176 valence electrons. The average Bonchev–Trinajstić information content (AvgIpc) is 3.41. The van der Waals surface area contributed by atoms with Crippen molar-refractivity contribution in [3.05, 3.63) is 70.4 Å². The molecule has 4 rings (SSSR count). The van der Waals surface area contributed by atoms with E-state index in [9.17, 15) is 22.8 Å². The van der Waals surface area contributed by atoms with E-state index >= 15 is 0 Å². The van der Waals surface area contributed by atoms with Gasteiger partial charge in [0.05, 0.1) is 22.4 Å². The summed E-state index contributed by atoms with van der Waals surface area (Å²) in [5.74, 6) is -1.63. The Morgan fingerprint density at radius 3 is 2.59 bits per heavy atom. The number of alkyl halides is 3. The van der Waals surface area contributed by atoms with Crippen molar-refractivity contribution in [1.82, 2.24) is 29.7 Å². The number of hydrogen-bond acceptors (Lipinski definition) is 5. The van der Waals surface area contributed by atoms with Crippen molar-refractivity contribution in [2.24, 2.45) is 0 Å². The van der Waals surface area contributed by atoms with Crippen molar-refractivity contribution in [2.45, 2.75) is 20.0 Å². The van der Waals surface area contributed by atoms with Gasteiger partial charge in [0.25, 0.3) is 11.8 Å². The van der Waals surface area contributed by atoms with Crippen LogP contribution in [0.2, 0.25) is 5.02 Å². The minimum atomic E-state index is -4.82.